The lowest BCUT2D eigenvalue weighted by Gasteiger charge is -2.33. The number of ether oxygens (including phenoxy) is 1. The van der Waals surface area contributed by atoms with Crippen molar-refractivity contribution < 1.29 is 22.7 Å². The third-order valence-corrected chi connectivity index (χ3v) is 3.03. The normalized spacial score (nSPS) is 14.9. The summed E-state index contributed by atoms with van der Waals surface area (Å²) in [6.45, 7) is 6.64. The fraction of sp³-hybridized carbons (Fsp3) is 0.533. The molecule has 6 heteroatoms. The minimum Gasteiger partial charge on any atom is -0.464 e. The Kier molecular flexibility index (Phi) is 5.39. The summed E-state index contributed by atoms with van der Waals surface area (Å²) in [7, 11) is 0. The third kappa shape index (κ3) is 3.97. The van der Waals surface area contributed by atoms with Gasteiger partial charge < -0.3 is 4.74 Å². The van der Waals surface area contributed by atoms with Gasteiger partial charge in [-0.1, -0.05) is 18.2 Å². The van der Waals surface area contributed by atoms with Crippen LogP contribution in [0.25, 0.3) is 0 Å². The highest BCUT2D eigenvalue weighted by atomic mass is 19.4. The van der Waals surface area contributed by atoms with E-state index in [0.717, 1.165) is 6.07 Å². The molecule has 0 aliphatic carbocycles. The molecule has 1 aromatic rings. The maximum atomic E-state index is 13.2. The molecule has 21 heavy (non-hydrogen) atoms. The molecule has 118 valence electrons. The van der Waals surface area contributed by atoms with Crippen molar-refractivity contribution in [1.82, 2.24) is 5.32 Å². The molecular formula is C15H20F3NO2. The Hall–Kier alpha value is -1.56. The number of rotatable bonds is 5. The number of esters is 1. The van der Waals surface area contributed by atoms with Gasteiger partial charge in [-0.25, -0.2) is 4.79 Å². The van der Waals surface area contributed by atoms with Crippen LogP contribution in [-0.4, -0.2) is 18.6 Å². The molecular weight excluding hydrogens is 283 g/mol. The largest absolute Gasteiger partial charge is 0.464 e. The van der Waals surface area contributed by atoms with Crippen LogP contribution in [0.15, 0.2) is 24.3 Å². The molecule has 0 aliphatic heterocycles. The second-order valence-electron chi connectivity index (χ2n) is 5.19. The van der Waals surface area contributed by atoms with Gasteiger partial charge in [-0.15, -0.1) is 0 Å². The lowest BCUT2D eigenvalue weighted by Crippen LogP contribution is -2.51. The van der Waals surface area contributed by atoms with Crippen molar-refractivity contribution in [2.45, 2.75) is 45.5 Å². The summed E-state index contributed by atoms with van der Waals surface area (Å²) in [5, 5.41) is 2.90. The topological polar surface area (TPSA) is 38.3 Å². The van der Waals surface area contributed by atoms with E-state index in [0.29, 0.717) is 0 Å². The van der Waals surface area contributed by atoms with Crippen molar-refractivity contribution in [2.75, 3.05) is 6.61 Å². The predicted molar refractivity (Wildman–Crippen MR) is 73.7 cm³/mol. The lowest BCUT2D eigenvalue weighted by molar-refractivity contribution is -0.152. The van der Waals surface area contributed by atoms with Crippen molar-refractivity contribution in [3.05, 3.63) is 35.4 Å². The second kappa shape index (κ2) is 6.47. The minimum absolute atomic E-state index is 0.0996. The molecule has 1 rings (SSSR count). The van der Waals surface area contributed by atoms with Crippen LogP contribution in [0.1, 0.15) is 38.8 Å². The van der Waals surface area contributed by atoms with Gasteiger partial charge in [-0.3, -0.25) is 5.32 Å². The van der Waals surface area contributed by atoms with Gasteiger partial charge in [0.1, 0.15) is 5.54 Å². The van der Waals surface area contributed by atoms with Gasteiger partial charge in [0.15, 0.2) is 0 Å². The Morgan fingerprint density at radius 1 is 1.24 bits per heavy atom. The zero-order valence-corrected chi connectivity index (χ0v) is 12.5. The minimum atomic E-state index is -4.54. The molecule has 0 aromatic heterocycles. The summed E-state index contributed by atoms with van der Waals surface area (Å²) in [4.78, 5) is 12.2. The van der Waals surface area contributed by atoms with Gasteiger partial charge in [-0.2, -0.15) is 13.2 Å². The molecule has 1 unspecified atom stereocenters. The van der Waals surface area contributed by atoms with Crippen molar-refractivity contribution in [1.29, 1.82) is 0 Å². The first kappa shape index (κ1) is 17.5. The average Bonchev–Trinajstić information content (AvgIpc) is 2.37. The first-order valence-corrected chi connectivity index (χ1v) is 6.74. The van der Waals surface area contributed by atoms with Crippen molar-refractivity contribution in [3.8, 4) is 0 Å². The maximum Gasteiger partial charge on any atom is 0.416 e. The Morgan fingerprint density at radius 3 is 2.19 bits per heavy atom. The van der Waals surface area contributed by atoms with Crippen LogP contribution in [0.2, 0.25) is 0 Å². The van der Waals surface area contributed by atoms with Gasteiger partial charge in [0, 0.05) is 6.04 Å². The first-order chi connectivity index (χ1) is 9.63. The van der Waals surface area contributed by atoms with E-state index in [4.69, 9.17) is 4.74 Å². The number of hydrogen-bond acceptors (Lipinski definition) is 3. The van der Waals surface area contributed by atoms with Gasteiger partial charge in [-0.05, 0) is 39.3 Å². The smallest absolute Gasteiger partial charge is 0.416 e. The van der Waals surface area contributed by atoms with Crippen molar-refractivity contribution >= 4 is 5.97 Å². The zero-order chi connectivity index (χ0) is 16.3. The SMILES string of the molecule is CCOC(=O)C(C)(NC(C)C)c1ccccc1C(F)(F)F. The number of carbonyl (C=O) groups is 1. The Bertz CT molecular complexity index is 500. The maximum absolute atomic E-state index is 13.2. The molecule has 0 saturated heterocycles. The van der Waals surface area contributed by atoms with Crippen molar-refractivity contribution in [3.63, 3.8) is 0 Å². The van der Waals surface area contributed by atoms with Crippen LogP contribution < -0.4 is 5.32 Å². The van der Waals surface area contributed by atoms with E-state index in [2.05, 4.69) is 5.32 Å². The molecule has 1 aromatic carbocycles. The molecule has 0 heterocycles. The number of benzene rings is 1. The monoisotopic (exact) mass is 303 g/mol. The Balaban J connectivity index is 3.43. The van der Waals surface area contributed by atoms with E-state index in [-0.39, 0.29) is 18.2 Å². The summed E-state index contributed by atoms with van der Waals surface area (Å²) in [5.41, 5.74) is -2.53. The van der Waals surface area contributed by atoms with Gasteiger partial charge in [0.25, 0.3) is 0 Å². The van der Waals surface area contributed by atoms with E-state index in [1.165, 1.54) is 25.1 Å². The number of halogens is 3. The number of hydrogen-bond donors (Lipinski definition) is 1. The third-order valence-electron chi connectivity index (χ3n) is 3.03. The van der Waals surface area contributed by atoms with E-state index in [9.17, 15) is 18.0 Å². The Labute approximate surface area is 122 Å². The molecule has 1 N–H and O–H groups in total. The fourth-order valence-electron chi connectivity index (χ4n) is 2.27. The van der Waals surface area contributed by atoms with Gasteiger partial charge >= 0.3 is 12.1 Å². The summed E-state index contributed by atoms with van der Waals surface area (Å²) in [6, 6.07) is 4.85. The molecule has 0 fully saturated rings. The van der Waals surface area contributed by atoms with Crippen LogP contribution in [0.4, 0.5) is 13.2 Å². The van der Waals surface area contributed by atoms with E-state index < -0.39 is 23.2 Å². The van der Waals surface area contributed by atoms with Crippen LogP contribution in [0, 0.1) is 0 Å². The molecule has 0 bridgehead atoms. The summed E-state index contributed by atoms with van der Waals surface area (Å²) >= 11 is 0. The molecule has 1 atom stereocenters. The molecule has 0 radical (unpaired) electrons. The summed E-state index contributed by atoms with van der Waals surface area (Å²) in [6.07, 6.45) is -4.54. The molecule has 0 aliphatic rings. The van der Waals surface area contributed by atoms with E-state index in [1.807, 2.05) is 0 Å². The average molecular weight is 303 g/mol. The summed E-state index contributed by atoms with van der Waals surface area (Å²) < 4.78 is 44.5. The van der Waals surface area contributed by atoms with Crippen LogP contribution in [-0.2, 0) is 21.2 Å². The molecule has 0 amide bonds. The van der Waals surface area contributed by atoms with Crippen LogP contribution >= 0.6 is 0 Å². The van der Waals surface area contributed by atoms with Crippen molar-refractivity contribution in [2.24, 2.45) is 0 Å². The highest BCUT2D eigenvalue weighted by Crippen LogP contribution is 2.37. The molecule has 3 nitrogen and oxygen atoms in total. The summed E-state index contributed by atoms with van der Waals surface area (Å²) in [5.74, 6) is -0.726. The highest BCUT2D eigenvalue weighted by molar-refractivity contribution is 5.83. The first-order valence-electron chi connectivity index (χ1n) is 6.74. The van der Waals surface area contributed by atoms with Crippen LogP contribution in [0.5, 0.6) is 0 Å². The number of nitrogens with one attached hydrogen (secondary N) is 1. The Morgan fingerprint density at radius 2 is 1.76 bits per heavy atom. The van der Waals surface area contributed by atoms with Crippen LogP contribution in [0.3, 0.4) is 0 Å². The standard InChI is InChI=1S/C15H20F3NO2/c1-5-21-13(20)14(4,19-10(2)3)11-8-6-7-9-12(11)15(16,17)18/h6-10,19H,5H2,1-4H3. The van der Waals surface area contributed by atoms with E-state index >= 15 is 0 Å². The number of carbonyl (C=O) groups excluding carboxylic acids is 1. The molecule has 0 spiro atoms. The zero-order valence-electron chi connectivity index (χ0n) is 12.5. The van der Waals surface area contributed by atoms with Gasteiger partial charge in [0.2, 0.25) is 0 Å². The number of alkyl halides is 3. The van der Waals surface area contributed by atoms with Gasteiger partial charge in [0.05, 0.1) is 12.2 Å². The predicted octanol–water partition coefficient (Wildman–Crippen LogP) is 3.48. The quantitative estimate of drug-likeness (QED) is 0.846. The lowest BCUT2D eigenvalue weighted by atomic mass is 9.87. The molecule has 0 saturated carbocycles. The fourth-order valence-corrected chi connectivity index (χ4v) is 2.27. The second-order valence-corrected chi connectivity index (χ2v) is 5.19. The van der Waals surface area contributed by atoms with E-state index in [1.54, 1.807) is 20.8 Å². The highest BCUT2D eigenvalue weighted by Gasteiger charge is 2.44.